The molecule has 0 aliphatic rings. The van der Waals surface area contributed by atoms with Crippen molar-refractivity contribution in [3.8, 4) is 5.75 Å². The number of benzene rings is 1. The van der Waals surface area contributed by atoms with Crippen molar-refractivity contribution >= 4 is 12.4 Å². The average molecular weight is 260 g/mol. The first kappa shape index (κ1) is 15.0. The summed E-state index contributed by atoms with van der Waals surface area (Å²) in [5, 5.41) is 0. The monoisotopic (exact) mass is 259 g/mol. The van der Waals surface area contributed by atoms with Gasteiger partial charge in [-0.3, -0.25) is 0 Å². The van der Waals surface area contributed by atoms with Gasteiger partial charge in [0, 0.05) is 5.56 Å². The van der Waals surface area contributed by atoms with Crippen LogP contribution in [0.5, 0.6) is 5.75 Å². The highest BCUT2D eigenvalue weighted by Crippen LogP contribution is 2.28. The van der Waals surface area contributed by atoms with Crippen LogP contribution in [0.15, 0.2) is 24.3 Å². The molecule has 0 saturated carbocycles. The van der Waals surface area contributed by atoms with E-state index in [9.17, 15) is 17.6 Å². The van der Waals surface area contributed by atoms with E-state index in [1.165, 1.54) is 24.3 Å². The number of hydrogen-bond acceptors (Lipinski definition) is 2. The molecule has 1 aromatic rings. The summed E-state index contributed by atoms with van der Waals surface area (Å²) in [5.74, 6) is -0.319. The molecule has 0 saturated heterocycles. The van der Waals surface area contributed by atoms with Gasteiger partial charge in [-0.1, -0.05) is 18.2 Å². The molecular formula is C9H10ClF4NO. The van der Waals surface area contributed by atoms with Gasteiger partial charge in [0.15, 0.2) is 0 Å². The molecule has 0 spiro atoms. The molecule has 0 heterocycles. The summed E-state index contributed by atoms with van der Waals surface area (Å²) in [5.41, 5.74) is 5.01. The number of para-hydroxylation sites is 1. The first-order valence-corrected chi connectivity index (χ1v) is 4.10. The lowest BCUT2D eigenvalue weighted by Crippen LogP contribution is -2.20. The summed E-state index contributed by atoms with van der Waals surface area (Å²) in [7, 11) is 0. The molecular weight excluding hydrogens is 250 g/mol. The zero-order valence-electron chi connectivity index (χ0n) is 7.95. The van der Waals surface area contributed by atoms with E-state index in [1.807, 2.05) is 0 Å². The fraction of sp³-hybridized carbons (Fsp3) is 0.333. The first-order valence-electron chi connectivity index (χ1n) is 4.10. The Bertz CT molecular complexity index is 324. The smallest absolute Gasteiger partial charge is 0.387 e. The van der Waals surface area contributed by atoms with E-state index in [0.717, 1.165) is 0 Å². The number of hydrogen-bond donors (Lipinski definition) is 1. The maximum atomic E-state index is 12.3. The van der Waals surface area contributed by atoms with E-state index in [1.54, 1.807) is 0 Å². The molecule has 2 N–H and O–H groups in total. The third-order valence-corrected chi connectivity index (χ3v) is 1.77. The SMILES string of the molecule is Cl.N[C@H](c1ccccc1OC(F)F)C(F)F. The molecule has 0 aliphatic heterocycles. The van der Waals surface area contributed by atoms with E-state index < -0.39 is 19.1 Å². The number of rotatable bonds is 4. The quantitative estimate of drug-likeness (QED) is 0.844. The molecule has 7 heteroatoms. The normalized spacial score (nSPS) is 12.4. The van der Waals surface area contributed by atoms with E-state index >= 15 is 0 Å². The van der Waals surface area contributed by atoms with Crippen LogP contribution < -0.4 is 10.5 Å². The van der Waals surface area contributed by atoms with Crippen LogP contribution in [0.1, 0.15) is 11.6 Å². The summed E-state index contributed by atoms with van der Waals surface area (Å²) in [4.78, 5) is 0. The minimum Gasteiger partial charge on any atom is -0.434 e. The Balaban J connectivity index is 0.00000225. The van der Waals surface area contributed by atoms with E-state index in [0.29, 0.717) is 0 Å². The molecule has 0 amide bonds. The highest BCUT2D eigenvalue weighted by atomic mass is 35.5. The third-order valence-electron chi connectivity index (χ3n) is 1.77. The van der Waals surface area contributed by atoms with Crippen LogP contribution in [0.3, 0.4) is 0 Å². The van der Waals surface area contributed by atoms with Gasteiger partial charge in [-0.05, 0) is 6.07 Å². The molecule has 1 atom stereocenters. The van der Waals surface area contributed by atoms with Crippen molar-refractivity contribution in [1.29, 1.82) is 0 Å². The standard InChI is InChI=1S/C9H9F4NO.ClH/c10-8(11)7(14)5-3-1-2-4-6(5)15-9(12)13;/h1-4,7-9H,14H2;1H/t7-;/m1./s1. The zero-order valence-corrected chi connectivity index (χ0v) is 8.76. The average Bonchev–Trinajstić information content (AvgIpc) is 2.16. The minimum atomic E-state index is -3.06. The highest BCUT2D eigenvalue weighted by molar-refractivity contribution is 5.85. The molecule has 0 aliphatic carbocycles. The van der Waals surface area contributed by atoms with Gasteiger partial charge in [0.2, 0.25) is 0 Å². The molecule has 92 valence electrons. The second-order valence-corrected chi connectivity index (χ2v) is 2.78. The van der Waals surface area contributed by atoms with Crippen molar-refractivity contribution in [2.75, 3.05) is 0 Å². The van der Waals surface area contributed by atoms with Crippen molar-refractivity contribution in [1.82, 2.24) is 0 Å². The van der Waals surface area contributed by atoms with Crippen LogP contribution in [0.2, 0.25) is 0 Å². The van der Waals surface area contributed by atoms with Gasteiger partial charge in [-0.25, -0.2) is 8.78 Å². The van der Waals surface area contributed by atoms with Crippen LogP contribution in [0.4, 0.5) is 17.6 Å². The first-order chi connectivity index (χ1) is 7.02. The maximum absolute atomic E-state index is 12.3. The Morgan fingerprint density at radius 1 is 1.06 bits per heavy atom. The van der Waals surface area contributed by atoms with Crippen LogP contribution >= 0.6 is 12.4 Å². The summed E-state index contributed by atoms with van der Waals surface area (Å²) in [6.07, 6.45) is -2.83. The number of nitrogens with two attached hydrogens (primary N) is 1. The second kappa shape index (κ2) is 6.55. The molecule has 0 unspecified atom stereocenters. The van der Waals surface area contributed by atoms with E-state index in [4.69, 9.17) is 5.73 Å². The largest absolute Gasteiger partial charge is 0.434 e. The van der Waals surface area contributed by atoms with Gasteiger partial charge >= 0.3 is 6.61 Å². The lowest BCUT2D eigenvalue weighted by Gasteiger charge is -2.15. The topological polar surface area (TPSA) is 35.2 Å². The Hall–Kier alpha value is -1.01. The molecule has 16 heavy (non-hydrogen) atoms. The molecule has 1 aromatic carbocycles. The highest BCUT2D eigenvalue weighted by Gasteiger charge is 2.22. The fourth-order valence-electron chi connectivity index (χ4n) is 1.09. The lowest BCUT2D eigenvalue weighted by molar-refractivity contribution is -0.0512. The Morgan fingerprint density at radius 2 is 1.62 bits per heavy atom. The Kier molecular flexibility index (Phi) is 6.13. The van der Waals surface area contributed by atoms with Gasteiger partial charge in [-0.2, -0.15) is 8.78 Å². The van der Waals surface area contributed by atoms with Gasteiger partial charge in [0.1, 0.15) is 5.75 Å². The fourth-order valence-corrected chi connectivity index (χ4v) is 1.09. The van der Waals surface area contributed by atoms with Crippen molar-refractivity contribution in [3.05, 3.63) is 29.8 Å². The van der Waals surface area contributed by atoms with E-state index in [2.05, 4.69) is 4.74 Å². The van der Waals surface area contributed by atoms with Crippen LogP contribution in [-0.4, -0.2) is 13.0 Å². The third kappa shape index (κ3) is 3.86. The number of alkyl halides is 4. The van der Waals surface area contributed by atoms with E-state index in [-0.39, 0.29) is 23.7 Å². The lowest BCUT2D eigenvalue weighted by atomic mass is 10.1. The summed E-state index contributed by atoms with van der Waals surface area (Å²) < 4.78 is 52.4. The predicted octanol–water partition coefficient (Wildman–Crippen LogP) is 2.97. The van der Waals surface area contributed by atoms with Crippen LogP contribution in [0.25, 0.3) is 0 Å². The summed E-state index contributed by atoms with van der Waals surface area (Å²) in [6.45, 7) is -3.06. The van der Waals surface area contributed by atoms with Gasteiger partial charge in [-0.15, -0.1) is 12.4 Å². The maximum Gasteiger partial charge on any atom is 0.387 e. The van der Waals surface area contributed by atoms with Crippen molar-refractivity contribution in [3.63, 3.8) is 0 Å². The van der Waals surface area contributed by atoms with Crippen molar-refractivity contribution in [2.45, 2.75) is 19.1 Å². The van der Waals surface area contributed by atoms with Gasteiger partial charge in [0.05, 0.1) is 6.04 Å². The van der Waals surface area contributed by atoms with Crippen molar-refractivity contribution < 1.29 is 22.3 Å². The number of halogens is 5. The summed E-state index contributed by atoms with van der Waals surface area (Å²) in [6, 6.07) is 3.60. The van der Waals surface area contributed by atoms with Gasteiger partial charge in [0.25, 0.3) is 6.43 Å². The molecule has 0 fully saturated rings. The molecule has 2 nitrogen and oxygen atoms in total. The Labute approximate surface area is 95.8 Å². The minimum absolute atomic E-state index is 0. The summed E-state index contributed by atoms with van der Waals surface area (Å²) >= 11 is 0. The Morgan fingerprint density at radius 3 is 2.12 bits per heavy atom. The second-order valence-electron chi connectivity index (χ2n) is 2.78. The van der Waals surface area contributed by atoms with Crippen molar-refractivity contribution in [2.24, 2.45) is 5.73 Å². The van der Waals surface area contributed by atoms with Gasteiger partial charge < -0.3 is 10.5 Å². The molecule has 1 rings (SSSR count). The zero-order chi connectivity index (χ0) is 11.4. The van der Waals surface area contributed by atoms with Crippen LogP contribution in [-0.2, 0) is 0 Å². The molecule has 0 bridgehead atoms. The molecule has 0 radical (unpaired) electrons. The van der Waals surface area contributed by atoms with Crippen LogP contribution in [0, 0.1) is 0 Å². The number of ether oxygens (including phenoxy) is 1. The predicted molar refractivity (Wildman–Crippen MR) is 53.3 cm³/mol. The molecule has 0 aromatic heterocycles.